The van der Waals surface area contributed by atoms with Gasteiger partial charge in [-0.25, -0.2) is 4.98 Å². The highest BCUT2D eigenvalue weighted by atomic mass is 14.9. The first kappa shape index (κ1) is 7.74. The zero-order valence-corrected chi connectivity index (χ0v) is 7.15. The van der Waals surface area contributed by atoms with Crippen molar-refractivity contribution in [3.8, 4) is 6.07 Å². The SMILES string of the molecule is CC(C#N)c1nc2ccncc2[nH]1. The van der Waals surface area contributed by atoms with Crippen LogP contribution in [-0.4, -0.2) is 15.0 Å². The summed E-state index contributed by atoms with van der Waals surface area (Å²) < 4.78 is 0. The van der Waals surface area contributed by atoms with Crippen molar-refractivity contribution < 1.29 is 0 Å². The van der Waals surface area contributed by atoms with E-state index in [0.29, 0.717) is 5.82 Å². The van der Waals surface area contributed by atoms with Gasteiger partial charge in [-0.1, -0.05) is 0 Å². The number of imidazole rings is 1. The van der Waals surface area contributed by atoms with Gasteiger partial charge < -0.3 is 4.98 Å². The molecule has 0 saturated carbocycles. The van der Waals surface area contributed by atoms with E-state index in [9.17, 15) is 0 Å². The summed E-state index contributed by atoms with van der Waals surface area (Å²) in [7, 11) is 0. The molecule has 13 heavy (non-hydrogen) atoms. The van der Waals surface area contributed by atoms with E-state index >= 15 is 0 Å². The van der Waals surface area contributed by atoms with Gasteiger partial charge in [0.1, 0.15) is 11.7 Å². The Morgan fingerprint density at radius 3 is 3.15 bits per heavy atom. The zero-order valence-electron chi connectivity index (χ0n) is 7.15. The lowest BCUT2D eigenvalue weighted by Crippen LogP contribution is -1.91. The van der Waals surface area contributed by atoms with Crippen LogP contribution < -0.4 is 0 Å². The Morgan fingerprint density at radius 1 is 1.62 bits per heavy atom. The molecule has 0 amide bonds. The Balaban J connectivity index is 2.57. The van der Waals surface area contributed by atoms with E-state index in [4.69, 9.17) is 5.26 Å². The van der Waals surface area contributed by atoms with Crippen molar-refractivity contribution in [2.24, 2.45) is 0 Å². The van der Waals surface area contributed by atoms with Crippen molar-refractivity contribution in [2.45, 2.75) is 12.8 Å². The predicted octanol–water partition coefficient (Wildman–Crippen LogP) is 1.58. The minimum atomic E-state index is -0.201. The number of pyridine rings is 1. The van der Waals surface area contributed by atoms with E-state index < -0.39 is 0 Å². The van der Waals surface area contributed by atoms with Gasteiger partial charge in [-0.15, -0.1) is 0 Å². The molecule has 0 aliphatic carbocycles. The van der Waals surface area contributed by atoms with Crippen molar-refractivity contribution >= 4 is 11.0 Å². The highest BCUT2D eigenvalue weighted by Crippen LogP contribution is 2.15. The van der Waals surface area contributed by atoms with E-state index in [0.717, 1.165) is 11.0 Å². The van der Waals surface area contributed by atoms with E-state index in [2.05, 4.69) is 21.0 Å². The molecule has 0 spiro atoms. The standard InChI is InChI=1S/C9H8N4/c1-6(4-10)9-12-7-2-3-11-5-8(7)13-9/h2-3,5-6H,1H3,(H,12,13). The van der Waals surface area contributed by atoms with Crippen LogP contribution in [0.1, 0.15) is 18.7 Å². The minimum Gasteiger partial charge on any atom is -0.340 e. The number of H-pyrrole nitrogens is 1. The summed E-state index contributed by atoms with van der Waals surface area (Å²) in [5.41, 5.74) is 1.73. The summed E-state index contributed by atoms with van der Waals surface area (Å²) in [6.45, 7) is 1.81. The van der Waals surface area contributed by atoms with Crippen molar-refractivity contribution in [3.63, 3.8) is 0 Å². The molecule has 1 atom stereocenters. The van der Waals surface area contributed by atoms with Gasteiger partial charge in [-0.05, 0) is 13.0 Å². The van der Waals surface area contributed by atoms with Crippen LogP contribution in [-0.2, 0) is 0 Å². The monoisotopic (exact) mass is 172 g/mol. The van der Waals surface area contributed by atoms with Crippen LogP contribution in [0.2, 0.25) is 0 Å². The van der Waals surface area contributed by atoms with Crippen molar-refractivity contribution in [3.05, 3.63) is 24.3 Å². The highest BCUT2D eigenvalue weighted by molar-refractivity contribution is 5.73. The number of fused-ring (bicyclic) bond motifs is 1. The normalized spacial score (nSPS) is 12.6. The Hall–Kier alpha value is -1.89. The van der Waals surface area contributed by atoms with Crippen molar-refractivity contribution in [1.82, 2.24) is 15.0 Å². The third-order valence-corrected chi connectivity index (χ3v) is 1.91. The average molecular weight is 172 g/mol. The fourth-order valence-corrected chi connectivity index (χ4v) is 1.14. The Labute approximate surface area is 75.2 Å². The molecule has 0 saturated heterocycles. The molecule has 0 bridgehead atoms. The molecule has 64 valence electrons. The van der Waals surface area contributed by atoms with Crippen LogP contribution in [0, 0.1) is 11.3 Å². The van der Waals surface area contributed by atoms with Gasteiger partial charge >= 0.3 is 0 Å². The van der Waals surface area contributed by atoms with E-state index in [1.54, 1.807) is 12.4 Å². The smallest absolute Gasteiger partial charge is 0.124 e. The second kappa shape index (κ2) is 2.87. The summed E-state index contributed by atoms with van der Waals surface area (Å²) >= 11 is 0. The Bertz CT molecular complexity index is 433. The summed E-state index contributed by atoms with van der Waals surface area (Å²) in [6.07, 6.45) is 3.39. The van der Waals surface area contributed by atoms with Gasteiger partial charge in [0.05, 0.1) is 23.3 Å². The molecule has 0 aliphatic rings. The van der Waals surface area contributed by atoms with E-state index in [1.807, 2.05) is 13.0 Å². The second-order valence-corrected chi connectivity index (χ2v) is 2.87. The largest absolute Gasteiger partial charge is 0.340 e. The molecule has 2 rings (SSSR count). The molecule has 2 aromatic heterocycles. The fourth-order valence-electron chi connectivity index (χ4n) is 1.14. The lowest BCUT2D eigenvalue weighted by atomic mass is 10.2. The van der Waals surface area contributed by atoms with Gasteiger partial charge in [0.25, 0.3) is 0 Å². The van der Waals surface area contributed by atoms with Crippen molar-refractivity contribution in [2.75, 3.05) is 0 Å². The predicted molar refractivity (Wildman–Crippen MR) is 47.9 cm³/mol. The summed E-state index contributed by atoms with van der Waals surface area (Å²) in [5.74, 6) is 0.498. The number of nitriles is 1. The summed E-state index contributed by atoms with van der Waals surface area (Å²) in [5, 5.41) is 8.69. The Kier molecular flexibility index (Phi) is 1.71. The molecule has 2 heterocycles. The molecular formula is C9H8N4. The fraction of sp³-hybridized carbons (Fsp3) is 0.222. The first-order valence-corrected chi connectivity index (χ1v) is 4.00. The van der Waals surface area contributed by atoms with Gasteiger partial charge in [0, 0.05) is 6.20 Å². The summed E-state index contributed by atoms with van der Waals surface area (Å²) in [4.78, 5) is 11.3. The number of hydrogen-bond acceptors (Lipinski definition) is 3. The zero-order chi connectivity index (χ0) is 9.26. The first-order valence-electron chi connectivity index (χ1n) is 4.00. The lowest BCUT2D eigenvalue weighted by molar-refractivity contribution is 0.891. The van der Waals surface area contributed by atoms with Gasteiger partial charge in [0.15, 0.2) is 0 Å². The topological polar surface area (TPSA) is 65.4 Å². The van der Waals surface area contributed by atoms with Gasteiger partial charge in [-0.2, -0.15) is 5.26 Å². The van der Waals surface area contributed by atoms with E-state index in [1.165, 1.54) is 0 Å². The van der Waals surface area contributed by atoms with Gasteiger partial charge in [0.2, 0.25) is 0 Å². The maximum absolute atomic E-state index is 8.69. The maximum atomic E-state index is 8.69. The Morgan fingerprint density at radius 2 is 2.46 bits per heavy atom. The molecule has 0 aliphatic heterocycles. The molecule has 4 heteroatoms. The molecule has 0 aromatic carbocycles. The molecule has 1 N–H and O–H groups in total. The number of aromatic amines is 1. The average Bonchev–Trinajstić information content (AvgIpc) is 2.59. The van der Waals surface area contributed by atoms with Crippen LogP contribution in [0.3, 0.4) is 0 Å². The number of aromatic nitrogens is 3. The third-order valence-electron chi connectivity index (χ3n) is 1.91. The van der Waals surface area contributed by atoms with Crippen LogP contribution in [0.4, 0.5) is 0 Å². The maximum Gasteiger partial charge on any atom is 0.124 e. The number of nitrogens with one attached hydrogen (secondary N) is 1. The third kappa shape index (κ3) is 1.25. The highest BCUT2D eigenvalue weighted by Gasteiger charge is 2.08. The molecule has 0 fully saturated rings. The number of nitrogens with zero attached hydrogens (tertiary/aromatic N) is 3. The minimum absolute atomic E-state index is 0.201. The summed E-state index contributed by atoms with van der Waals surface area (Å²) in [6, 6.07) is 3.95. The van der Waals surface area contributed by atoms with E-state index in [-0.39, 0.29) is 5.92 Å². The molecule has 0 radical (unpaired) electrons. The van der Waals surface area contributed by atoms with Crippen LogP contribution in [0.15, 0.2) is 18.5 Å². The molecule has 1 unspecified atom stereocenters. The quantitative estimate of drug-likeness (QED) is 0.710. The van der Waals surface area contributed by atoms with Crippen LogP contribution >= 0.6 is 0 Å². The van der Waals surface area contributed by atoms with Crippen molar-refractivity contribution in [1.29, 1.82) is 5.26 Å². The first-order chi connectivity index (χ1) is 6.31. The van der Waals surface area contributed by atoms with Crippen LogP contribution in [0.25, 0.3) is 11.0 Å². The second-order valence-electron chi connectivity index (χ2n) is 2.87. The number of hydrogen-bond donors (Lipinski definition) is 1. The molecule has 4 nitrogen and oxygen atoms in total. The molecule has 2 aromatic rings. The van der Waals surface area contributed by atoms with Crippen LogP contribution in [0.5, 0.6) is 0 Å². The lowest BCUT2D eigenvalue weighted by Gasteiger charge is -1.92. The number of rotatable bonds is 1. The molecular weight excluding hydrogens is 164 g/mol. The van der Waals surface area contributed by atoms with Gasteiger partial charge in [-0.3, -0.25) is 4.98 Å².